The number of nitrogens with one attached hydrogen (secondary N) is 1. The van der Waals surface area contributed by atoms with Gasteiger partial charge >= 0.3 is 0 Å². The normalized spacial score (nSPS) is 20.1. The lowest BCUT2D eigenvalue weighted by molar-refractivity contribution is 0.138. The van der Waals surface area contributed by atoms with E-state index in [0.29, 0.717) is 12.1 Å². The minimum Gasteiger partial charge on any atom is -0.383 e. The molecule has 0 radical (unpaired) electrons. The molecule has 0 spiro atoms. The number of fused-ring (bicyclic) bond motifs is 1. The SMILES string of the molecule is CCCCN(C(C)CC)C1CCc2ccccc2NC1. The van der Waals surface area contributed by atoms with E-state index in [0.717, 1.165) is 6.54 Å². The van der Waals surface area contributed by atoms with Crippen LogP contribution in [0.5, 0.6) is 0 Å². The van der Waals surface area contributed by atoms with Crippen molar-refractivity contribution in [1.29, 1.82) is 0 Å². The van der Waals surface area contributed by atoms with Crippen molar-refractivity contribution in [3.05, 3.63) is 29.8 Å². The molecule has 0 bridgehead atoms. The maximum absolute atomic E-state index is 3.67. The molecule has 1 N–H and O–H groups in total. The Morgan fingerprint density at radius 1 is 1.30 bits per heavy atom. The standard InChI is InChI=1S/C18H30N2/c1-4-6-13-20(15(3)5-2)17-12-11-16-9-7-8-10-18(16)19-14-17/h7-10,15,17,19H,4-6,11-14H2,1-3H3. The van der Waals surface area contributed by atoms with E-state index in [1.807, 2.05) is 0 Å². The largest absolute Gasteiger partial charge is 0.383 e. The average Bonchev–Trinajstić information content (AvgIpc) is 2.70. The molecule has 1 aromatic rings. The average molecular weight is 274 g/mol. The van der Waals surface area contributed by atoms with Crippen LogP contribution < -0.4 is 5.32 Å². The zero-order chi connectivity index (χ0) is 14.4. The first-order chi connectivity index (χ1) is 9.76. The van der Waals surface area contributed by atoms with Gasteiger partial charge in [0, 0.05) is 24.3 Å². The number of rotatable bonds is 6. The summed E-state index contributed by atoms with van der Waals surface area (Å²) in [5.41, 5.74) is 2.82. The molecule has 20 heavy (non-hydrogen) atoms. The number of anilines is 1. The molecule has 1 aliphatic heterocycles. The Hall–Kier alpha value is -1.02. The first kappa shape index (κ1) is 15.4. The van der Waals surface area contributed by atoms with Gasteiger partial charge in [-0.1, -0.05) is 38.5 Å². The van der Waals surface area contributed by atoms with E-state index >= 15 is 0 Å². The fraction of sp³-hybridized carbons (Fsp3) is 0.667. The van der Waals surface area contributed by atoms with Crippen LogP contribution in [0.2, 0.25) is 0 Å². The molecule has 0 fully saturated rings. The van der Waals surface area contributed by atoms with Crippen molar-refractivity contribution in [2.24, 2.45) is 0 Å². The van der Waals surface area contributed by atoms with E-state index in [9.17, 15) is 0 Å². The van der Waals surface area contributed by atoms with Gasteiger partial charge in [0.2, 0.25) is 0 Å². The number of hydrogen-bond donors (Lipinski definition) is 1. The predicted octanol–water partition coefficient (Wildman–Crippen LogP) is 4.31. The third-order valence-corrected chi connectivity index (χ3v) is 4.69. The molecule has 2 heteroatoms. The zero-order valence-electron chi connectivity index (χ0n) is 13.4. The Bertz CT molecular complexity index is 375. The molecule has 0 aliphatic carbocycles. The number of hydrogen-bond acceptors (Lipinski definition) is 2. The Labute approximate surface area is 124 Å². The number of benzene rings is 1. The van der Waals surface area contributed by atoms with E-state index in [1.165, 1.54) is 49.9 Å². The summed E-state index contributed by atoms with van der Waals surface area (Å²) in [6.45, 7) is 9.31. The molecule has 0 saturated carbocycles. The highest BCUT2D eigenvalue weighted by Gasteiger charge is 2.24. The summed E-state index contributed by atoms with van der Waals surface area (Å²) < 4.78 is 0. The lowest BCUT2D eigenvalue weighted by Gasteiger charge is -2.36. The molecule has 2 rings (SSSR count). The van der Waals surface area contributed by atoms with Gasteiger partial charge in [0.1, 0.15) is 0 Å². The maximum atomic E-state index is 3.67. The maximum Gasteiger partial charge on any atom is 0.0373 e. The van der Waals surface area contributed by atoms with Gasteiger partial charge in [-0.25, -0.2) is 0 Å². The van der Waals surface area contributed by atoms with Gasteiger partial charge in [0.15, 0.2) is 0 Å². The molecule has 0 amide bonds. The van der Waals surface area contributed by atoms with Gasteiger partial charge in [-0.3, -0.25) is 4.90 Å². The summed E-state index contributed by atoms with van der Waals surface area (Å²) in [6.07, 6.45) is 6.32. The number of aryl methyl sites for hydroxylation is 1. The minimum atomic E-state index is 0.670. The van der Waals surface area contributed by atoms with Crippen molar-refractivity contribution in [2.75, 3.05) is 18.4 Å². The smallest absolute Gasteiger partial charge is 0.0373 e. The molecule has 112 valence electrons. The fourth-order valence-corrected chi connectivity index (χ4v) is 3.18. The van der Waals surface area contributed by atoms with Crippen molar-refractivity contribution >= 4 is 5.69 Å². The summed E-state index contributed by atoms with van der Waals surface area (Å²) in [7, 11) is 0. The second kappa shape index (κ2) is 7.68. The third kappa shape index (κ3) is 3.76. The van der Waals surface area contributed by atoms with Gasteiger partial charge in [0.05, 0.1) is 0 Å². The summed E-state index contributed by atoms with van der Waals surface area (Å²) in [5, 5.41) is 3.67. The second-order valence-corrected chi connectivity index (χ2v) is 6.08. The van der Waals surface area contributed by atoms with Gasteiger partial charge in [-0.05, 0) is 50.8 Å². The van der Waals surface area contributed by atoms with Crippen molar-refractivity contribution in [1.82, 2.24) is 4.90 Å². The summed E-state index contributed by atoms with van der Waals surface area (Å²) in [6, 6.07) is 10.1. The van der Waals surface area contributed by atoms with Crippen molar-refractivity contribution < 1.29 is 0 Å². The summed E-state index contributed by atoms with van der Waals surface area (Å²) in [5.74, 6) is 0. The van der Waals surface area contributed by atoms with Crippen LogP contribution in [0.1, 0.15) is 52.0 Å². The van der Waals surface area contributed by atoms with E-state index in [-0.39, 0.29) is 0 Å². The minimum absolute atomic E-state index is 0.670. The Balaban J connectivity index is 2.04. The van der Waals surface area contributed by atoms with Crippen LogP contribution in [0.25, 0.3) is 0 Å². The summed E-state index contributed by atoms with van der Waals surface area (Å²) in [4.78, 5) is 2.74. The lowest BCUT2D eigenvalue weighted by atomic mass is 10.0. The van der Waals surface area contributed by atoms with Gasteiger partial charge in [0.25, 0.3) is 0 Å². The van der Waals surface area contributed by atoms with Crippen molar-refractivity contribution in [3.63, 3.8) is 0 Å². The van der Waals surface area contributed by atoms with Crippen LogP contribution in [0, 0.1) is 0 Å². The number of unbranched alkanes of at least 4 members (excludes halogenated alkanes) is 1. The van der Waals surface area contributed by atoms with E-state index in [4.69, 9.17) is 0 Å². The molecular formula is C18H30N2. The first-order valence-corrected chi connectivity index (χ1v) is 8.33. The van der Waals surface area contributed by atoms with Gasteiger partial charge in [-0.2, -0.15) is 0 Å². The molecule has 2 unspecified atom stereocenters. The highest BCUT2D eigenvalue weighted by Crippen LogP contribution is 2.24. The lowest BCUT2D eigenvalue weighted by Crippen LogP contribution is -2.45. The Kier molecular flexibility index (Phi) is 5.90. The Morgan fingerprint density at radius 3 is 2.85 bits per heavy atom. The monoisotopic (exact) mass is 274 g/mol. The van der Waals surface area contributed by atoms with Crippen LogP contribution in [0.4, 0.5) is 5.69 Å². The number of nitrogens with zero attached hydrogens (tertiary/aromatic N) is 1. The highest BCUT2D eigenvalue weighted by molar-refractivity contribution is 5.52. The molecule has 1 aromatic carbocycles. The molecule has 1 aliphatic rings. The molecule has 0 aromatic heterocycles. The van der Waals surface area contributed by atoms with Crippen LogP contribution in [-0.4, -0.2) is 30.1 Å². The molecule has 0 saturated heterocycles. The molecule has 2 atom stereocenters. The zero-order valence-corrected chi connectivity index (χ0v) is 13.4. The number of para-hydroxylation sites is 1. The third-order valence-electron chi connectivity index (χ3n) is 4.69. The molecule has 1 heterocycles. The van der Waals surface area contributed by atoms with Crippen LogP contribution in [0.15, 0.2) is 24.3 Å². The van der Waals surface area contributed by atoms with Crippen molar-refractivity contribution in [2.45, 2.75) is 65.0 Å². The van der Waals surface area contributed by atoms with E-state index in [2.05, 4.69) is 55.3 Å². The quantitative estimate of drug-likeness (QED) is 0.831. The molecular weight excluding hydrogens is 244 g/mol. The second-order valence-electron chi connectivity index (χ2n) is 6.08. The Morgan fingerprint density at radius 2 is 2.10 bits per heavy atom. The van der Waals surface area contributed by atoms with Crippen LogP contribution in [0.3, 0.4) is 0 Å². The predicted molar refractivity (Wildman–Crippen MR) is 88.4 cm³/mol. The highest BCUT2D eigenvalue weighted by atomic mass is 15.2. The van der Waals surface area contributed by atoms with Crippen LogP contribution in [-0.2, 0) is 6.42 Å². The first-order valence-electron chi connectivity index (χ1n) is 8.33. The van der Waals surface area contributed by atoms with E-state index < -0.39 is 0 Å². The van der Waals surface area contributed by atoms with Gasteiger partial charge < -0.3 is 5.32 Å². The molecule has 2 nitrogen and oxygen atoms in total. The fourth-order valence-electron chi connectivity index (χ4n) is 3.18. The van der Waals surface area contributed by atoms with Gasteiger partial charge in [-0.15, -0.1) is 0 Å². The topological polar surface area (TPSA) is 15.3 Å². The van der Waals surface area contributed by atoms with Crippen molar-refractivity contribution in [3.8, 4) is 0 Å². The van der Waals surface area contributed by atoms with Crippen LogP contribution >= 0.6 is 0 Å². The summed E-state index contributed by atoms with van der Waals surface area (Å²) >= 11 is 0. The van der Waals surface area contributed by atoms with E-state index in [1.54, 1.807) is 0 Å².